The highest BCUT2D eigenvalue weighted by Gasteiger charge is 1.77. The molecule has 0 fully saturated rings. The number of rotatable bonds is 1. The molecule has 0 saturated heterocycles. The molecule has 0 aromatic carbocycles. The van der Waals surface area contributed by atoms with Crippen LogP contribution >= 0.6 is 11.8 Å². The van der Waals surface area contributed by atoms with E-state index in [1.807, 2.05) is 27.0 Å². The van der Waals surface area contributed by atoms with Gasteiger partial charge in [0, 0.05) is 6.20 Å². The Morgan fingerprint density at radius 3 is 1.83 bits per heavy atom. The molecule has 0 atom stereocenters. The number of aliphatic imine (C=N–C) groups is 1. The third kappa shape index (κ3) is 33.1. The zero-order valence-electron chi connectivity index (χ0n) is 9.35. The third-order valence-corrected chi connectivity index (χ3v) is 1.26. The van der Waals surface area contributed by atoms with E-state index in [1.165, 1.54) is 6.42 Å². The summed E-state index contributed by atoms with van der Waals surface area (Å²) < 4.78 is 0. The number of nitrogens with zero attached hydrogens (tertiary/aromatic N) is 1. The van der Waals surface area contributed by atoms with Crippen molar-refractivity contribution in [3.63, 3.8) is 0 Å². The summed E-state index contributed by atoms with van der Waals surface area (Å²) in [7, 11) is 0. The molecule has 74 valence electrons. The molecule has 0 rings (SSSR count). The molecule has 1 nitrogen and oxygen atoms in total. The predicted octanol–water partition coefficient (Wildman–Crippen LogP) is 4.35. The van der Waals surface area contributed by atoms with Gasteiger partial charge >= 0.3 is 0 Å². The molecule has 0 spiro atoms. The van der Waals surface area contributed by atoms with Crippen molar-refractivity contribution >= 4 is 16.8 Å². The first-order chi connectivity index (χ1) is 5.72. The summed E-state index contributed by atoms with van der Waals surface area (Å²) in [6, 6.07) is 0. The van der Waals surface area contributed by atoms with Crippen molar-refractivity contribution in [2.24, 2.45) is 4.99 Å². The molecule has 0 amide bonds. The average molecular weight is 189 g/mol. The summed E-state index contributed by atoms with van der Waals surface area (Å²) >= 11 is 1.63. The maximum atomic E-state index is 3.89. The zero-order valence-corrected chi connectivity index (χ0v) is 10.2. The minimum absolute atomic E-state index is 1.05. The Morgan fingerprint density at radius 1 is 1.42 bits per heavy atom. The summed E-state index contributed by atoms with van der Waals surface area (Å²) in [5, 5.41) is 1.05. The maximum Gasteiger partial charge on any atom is 0.0697 e. The predicted molar refractivity (Wildman–Crippen MR) is 64.1 cm³/mol. The summed E-state index contributed by atoms with van der Waals surface area (Å²) in [5.74, 6) is 0. The number of hydrogen-bond donors (Lipinski definition) is 0. The minimum Gasteiger partial charge on any atom is -0.255 e. The number of hydrogen-bond acceptors (Lipinski definition) is 2. The highest BCUT2D eigenvalue weighted by atomic mass is 32.2. The van der Waals surface area contributed by atoms with E-state index in [0.717, 1.165) is 5.04 Å². The highest BCUT2D eigenvalue weighted by molar-refractivity contribution is 8.13. The molecule has 0 aliphatic carbocycles. The fraction of sp³-hybridized carbons (Fsp3) is 0.700. The van der Waals surface area contributed by atoms with Gasteiger partial charge in [0.05, 0.1) is 5.04 Å². The molecule has 0 radical (unpaired) electrons. The van der Waals surface area contributed by atoms with E-state index < -0.39 is 0 Å². The van der Waals surface area contributed by atoms with E-state index in [4.69, 9.17) is 0 Å². The quantitative estimate of drug-likeness (QED) is 0.441. The van der Waals surface area contributed by atoms with Crippen LogP contribution in [0.4, 0.5) is 0 Å². The minimum atomic E-state index is 1.05. The second kappa shape index (κ2) is 22.4. The van der Waals surface area contributed by atoms with Gasteiger partial charge in [-0.3, -0.25) is 4.99 Å². The lowest BCUT2D eigenvalue weighted by Crippen LogP contribution is -1.75. The van der Waals surface area contributed by atoms with Crippen molar-refractivity contribution in [1.82, 2.24) is 0 Å². The maximum absolute atomic E-state index is 3.89. The lowest BCUT2D eigenvalue weighted by Gasteiger charge is -1.84. The Bertz CT molecular complexity index is 98.0. The molecule has 0 N–H and O–H groups in total. The second-order valence-electron chi connectivity index (χ2n) is 1.74. The third-order valence-electron chi connectivity index (χ3n) is 0.569. The molecular weight excluding hydrogens is 166 g/mol. The molecule has 0 aromatic rings. The van der Waals surface area contributed by atoms with Gasteiger partial charge in [-0.05, 0) is 13.2 Å². The van der Waals surface area contributed by atoms with Crippen molar-refractivity contribution in [2.75, 3.05) is 6.26 Å². The number of thioether (sulfide) groups is 1. The second-order valence-corrected chi connectivity index (χ2v) is 2.74. The van der Waals surface area contributed by atoms with E-state index in [2.05, 4.69) is 25.4 Å². The van der Waals surface area contributed by atoms with Gasteiger partial charge < -0.3 is 0 Å². The zero-order chi connectivity index (χ0) is 10.4. The summed E-state index contributed by atoms with van der Waals surface area (Å²) in [5.41, 5.74) is 0. The molecule has 0 aliphatic rings. The van der Waals surface area contributed by atoms with Gasteiger partial charge in [0.25, 0.3) is 0 Å². The normalized spacial score (nSPS) is 8.67. The molecule has 0 saturated carbocycles. The molecular formula is C10H23NS. The van der Waals surface area contributed by atoms with Crippen molar-refractivity contribution in [3.05, 3.63) is 12.8 Å². The van der Waals surface area contributed by atoms with Crippen LogP contribution < -0.4 is 0 Å². The van der Waals surface area contributed by atoms with Gasteiger partial charge in [0.1, 0.15) is 0 Å². The van der Waals surface area contributed by atoms with E-state index in [0.29, 0.717) is 0 Å². The van der Waals surface area contributed by atoms with Crippen LogP contribution in [0.5, 0.6) is 0 Å². The molecule has 12 heavy (non-hydrogen) atoms. The van der Waals surface area contributed by atoms with Gasteiger partial charge in [0.15, 0.2) is 0 Å². The fourth-order valence-corrected chi connectivity index (χ4v) is 0.361. The Labute approximate surface area is 82.4 Å². The fourth-order valence-electron chi connectivity index (χ4n) is 0.181. The molecule has 0 heterocycles. The van der Waals surface area contributed by atoms with Crippen LogP contribution in [0.15, 0.2) is 17.8 Å². The first-order valence-corrected chi connectivity index (χ1v) is 5.64. The van der Waals surface area contributed by atoms with Crippen molar-refractivity contribution in [3.8, 4) is 0 Å². The summed E-state index contributed by atoms with van der Waals surface area (Å²) in [6.07, 6.45) is 4.79. The van der Waals surface area contributed by atoms with E-state index in [1.54, 1.807) is 18.0 Å². The van der Waals surface area contributed by atoms with Gasteiger partial charge in [-0.2, -0.15) is 0 Å². The van der Waals surface area contributed by atoms with E-state index in [-0.39, 0.29) is 0 Å². The Morgan fingerprint density at radius 2 is 1.75 bits per heavy atom. The molecule has 0 aromatic heterocycles. The van der Waals surface area contributed by atoms with E-state index >= 15 is 0 Å². The Balaban J connectivity index is -0.000000137. The van der Waals surface area contributed by atoms with Crippen LogP contribution in [0.2, 0.25) is 0 Å². The topological polar surface area (TPSA) is 12.4 Å². The first-order valence-electron chi connectivity index (χ1n) is 4.42. The van der Waals surface area contributed by atoms with Gasteiger partial charge in [-0.1, -0.05) is 40.7 Å². The standard InChI is InChI=1S/C5H9NS.C3H8.C2H6/c1-4-6-5(2)7-3;1-3-2;1-2/h4H,1H2,2-3H3;3H2,1-2H3;1-2H3. The monoisotopic (exact) mass is 189 g/mol. The Kier molecular flexibility index (Phi) is 33.2. The van der Waals surface area contributed by atoms with Crippen molar-refractivity contribution < 1.29 is 0 Å². The SMILES string of the molecule is C=CN=C(C)SC.CC.CCC. The first kappa shape index (κ1) is 17.7. The summed E-state index contributed by atoms with van der Waals surface area (Å²) in [6.45, 7) is 13.6. The van der Waals surface area contributed by atoms with Gasteiger partial charge in [0.2, 0.25) is 0 Å². The Hall–Kier alpha value is -0.240. The van der Waals surface area contributed by atoms with Crippen LogP contribution in [0.25, 0.3) is 0 Å². The van der Waals surface area contributed by atoms with Crippen LogP contribution in [0.3, 0.4) is 0 Å². The molecule has 0 aliphatic heterocycles. The average Bonchev–Trinajstić information content (AvgIpc) is 2.10. The van der Waals surface area contributed by atoms with E-state index in [9.17, 15) is 0 Å². The van der Waals surface area contributed by atoms with Crippen LogP contribution in [-0.4, -0.2) is 11.3 Å². The van der Waals surface area contributed by atoms with Crippen LogP contribution in [-0.2, 0) is 0 Å². The largest absolute Gasteiger partial charge is 0.255 e. The van der Waals surface area contributed by atoms with Crippen molar-refractivity contribution in [1.29, 1.82) is 0 Å². The van der Waals surface area contributed by atoms with Crippen LogP contribution in [0, 0.1) is 0 Å². The molecule has 0 unspecified atom stereocenters. The van der Waals surface area contributed by atoms with Crippen LogP contribution in [0.1, 0.15) is 41.0 Å². The smallest absolute Gasteiger partial charge is 0.0697 e. The van der Waals surface area contributed by atoms with Crippen molar-refractivity contribution in [2.45, 2.75) is 41.0 Å². The summed E-state index contributed by atoms with van der Waals surface area (Å²) in [4.78, 5) is 3.89. The van der Waals surface area contributed by atoms with Gasteiger partial charge in [-0.15, -0.1) is 11.8 Å². The highest BCUT2D eigenvalue weighted by Crippen LogP contribution is 1.95. The molecule has 2 heteroatoms. The van der Waals surface area contributed by atoms with Gasteiger partial charge in [-0.25, -0.2) is 0 Å². The lowest BCUT2D eigenvalue weighted by molar-refractivity contribution is 1.09. The molecule has 0 bridgehead atoms. The lowest BCUT2D eigenvalue weighted by atomic mass is 10.6.